The summed E-state index contributed by atoms with van der Waals surface area (Å²) in [7, 11) is 0. The van der Waals surface area contributed by atoms with E-state index in [2.05, 4.69) is 4.99 Å². The fourth-order valence-electron chi connectivity index (χ4n) is 4.20. The molecule has 2 atom stereocenters. The van der Waals surface area contributed by atoms with Gasteiger partial charge >= 0.3 is 5.97 Å². The molecule has 1 amide bonds. The summed E-state index contributed by atoms with van der Waals surface area (Å²) in [5, 5.41) is 0. The molecule has 2 aliphatic heterocycles. The number of nitrogens with zero attached hydrogens (tertiary/aromatic N) is 2. The normalized spacial score (nSPS) is 23.3. The van der Waals surface area contributed by atoms with Gasteiger partial charge in [0.2, 0.25) is 5.91 Å². The number of aliphatic imine (C=N–C) groups is 1. The highest BCUT2D eigenvalue weighted by atomic mass is 16.6. The maximum absolute atomic E-state index is 13.3. The Kier molecular flexibility index (Phi) is 4.77. The highest BCUT2D eigenvalue weighted by molar-refractivity contribution is 5.96. The van der Waals surface area contributed by atoms with Gasteiger partial charge < -0.3 is 9.64 Å². The summed E-state index contributed by atoms with van der Waals surface area (Å²) in [5.74, 6) is -0.419. The molecule has 0 aromatic heterocycles. The molecule has 0 radical (unpaired) electrons. The van der Waals surface area contributed by atoms with Crippen LogP contribution in [0.2, 0.25) is 0 Å². The number of esters is 1. The lowest BCUT2D eigenvalue weighted by molar-refractivity contribution is -0.168. The van der Waals surface area contributed by atoms with Gasteiger partial charge in [0.15, 0.2) is 0 Å². The summed E-state index contributed by atoms with van der Waals surface area (Å²) in [6.45, 7) is 5.93. The number of ether oxygens (including phenoxy) is 1. The molecule has 0 bridgehead atoms. The van der Waals surface area contributed by atoms with E-state index in [1.54, 1.807) is 4.90 Å². The molecule has 1 spiro atoms. The second-order valence-electron chi connectivity index (χ2n) is 8.87. The molecule has 2 aromatic rings. The van der Waals surface area contributed by atoms with E-state index in [0.717, 1.165) is 16.8 Å². The lowest BCUT2D eigenvalue weighted by atomic mass is 9.71. The predicted molar refractivity (Wildman–Crippen MR) is 112 cm³/mol. The molecule has 2 heterocycles. The van der Waals surface area contributed by atoms with Crippen molar-refractivity contribution in [2.75, 3.05) is 0 Å². The van der Waals surface area contributed by atoms with Crippen molar-refractivity contribution in [2.45, 2.75) is 57.2 Å². The first kappa shape index (κ1) is 19.4. The number of fused-ring (bicyclic) bond motifs is 2. The molecule has 0 saturated carbocycles. The minimum atomic E-state index is -0.659. The molecular weight excluding hydrogens is 364 g/mol. The van der Waals surface area contributed by atoms with Crippen molar-refractivity contribution in [2.24, 2.45) is 4.99 Å². The first-order valence-corrected chi connectivity index (χ1v) is 9.98. The van der Waals surface area contributed by atoms with Gasteiger partial charge in [-0.2, -0.15) is 0 Å². The topological polar surface area (TPSA) is 59.0 Å². The maximum Gasteiger partial charge on any atom is 0.329 e. The second-order valence-corrected chi connectivity index (χ2v) is 8.87. The molecule has 2 aliphatic rings. The van der Waals surface area contributed by atoms with E-state index in [-0.39, 0.29) is 11.9 Å². The Labute approximate surface area is 171 Å². The molecule has 5 nitrogen and oxygen atoms in total. The molecule has 0 N–H and O–H groups in total. The van der Waals surface area contributed by atoms with Crippen LogP contribution in [0.4, 0.5) is 5.69 Å². The largest absolute Gasteiger partial charge is 0.458 e. The molecule has 0 aliphatic carbocycles. The summed E-state index contributed by atoms with van der Waals surface area (Å²) in [5.41, 5.74) is 1.71. The first-order valence-electron chi connectivity index (χ1n) is 9.98. The molecule has 29 heavy (non-hydrogen) atoms. The molecule has 0 unspecified atom stereocenters. The second kappa shape index (κ2) is 7.14. The Hall–Kier alpha value is -2.95. The predicted octanol–water partition coefficient (Wildman–Crippen LogP) is 4.17. The van der Waals surface area contributed by atoms with Crippen LogP contribution in [0.15, 0.2) is 59.6 Å². The number of benzene rings is 2. The smallest absolute Gasteiger partial charge is 0.329 e. The van der Waals surface area contributed by atoms with E-state index in [1.807, 2.05) is 81.6 Å². The standard InChI is InChI=1S/C24H26N2O3/c1-23(2,3)29-22(28)20-13-24(16-25-19-12-8-7-11-18(19)24)14-21(27)26(20)15-17-9-5-4-6-10-17/h4-12,16,20H,13-15H2,1-3H3/t20-,24-/m1/s1. The van der Waals surface area contributed by atoms with Crippen molar-refractivity contribution in [1.29, 1.82) is 0 Å². The summed E-state index contributed by atoms with van der Waals surface area (Å²) in [4.78, 5) is 32.7. The molecule has 2 aromatic carbocycles. The molecule has 1 fully saturated rings. The lowest BCUT2D eigenvalue weighted by Crippen LogP contribution is -2.56. The van der Waals surface area contributed by atoms with E-state index in [9.17, 15) is 9.59 Å². The quantitative estimate of drug-likeness (QED) is 0.739. The highest BCUT2D eigenvalue weighted by Gasteiger charge is 2.50. The zero-order valence-corrected chi connectivity index (χ0v) is 17.1. The Morgan fingerprint density at radius 1 is 1.14 bits per heavy atom. The van der Waals surface area contributed by atoms with Crippen LogP contribution in [0.1, 0.15) is 44.7 Å². The van der Waals surface area contributed by atoms with Gasteiger partial charge in [-0.1, -0.05) is 48.5 Å². The number of hydrogen-bond acceptors (Lipinski definition) is 4. The Morgan fingerprint density at radius 2 is 1.83 bits per heavy atom. The Balaban J connectivity index is 1.69. The van der Waals surface area contributed by atoms with Crippen LogP contribution in [0.3, 0.4) is 0 Å². The van der Waals surface area contributed by atoms with E-state index in [1.165, 1.54) is 0 Å². The molecular formula is C24H26N2O3. The summed E-state index contributed by atoms with van der Waals surface area (Å²) in [6.07, 6.45) is 2.63. The summed E-state index contributed by atoms with van der Waals surface area (Å²) < 4.78 is 5.71. The number of para-hydroxylation sites is 1. The van der Waals surface area contributed by atoms with Crippen molar-refractivity contribution in [1.82, 2.24) is 4.90 Å². The van der Waals surface area contributed by atoms with Crippen LogP contribution in [0.25, 0.3) is 0 Å². The third kappa shape index (κ3) is 3.82. The zero-order valence-electron chi connectivity index (χ0n) is 17.1. The highest BCUT2D eigenvalue weighted by Crippen LogP contribution is 2.46. The minimum absolute atomic E-state index is 0.0564. The van der Waals surface area contributed by atoms with Gasteiger partial charge in [0, 0.05) is 24.6 Å². The van der Waals surface area contributed by atoms with Gasteiger partial charge in [0.1, 0.15) is 11.6 Å². The SMILES string of the molecule is CC(C)(C)OC(=O)[C@H]1C[C@]2(C=Nc3ccccc32)CC(=O)N1Cc1ccccc1. The van der Waals surface area contributed by atoms with Crippen molar-refractivity contribution in [3.63, 3.8) is 0 Å². The van der Waals surface area contributed by atoms with Crippen LogP contribution in [0.5, 0.6) is 0 Å². The fourth-order valence-corrected chi connectivity index (χ4v) is 4.20. The molecule has 5 heteroatoms. The summed E-state index contributed by atoms with van der Waals surface area (Å²) >= 11 is 0. The average Bonchev–Trinajstić information content (AvgIpc) is 3.01. The number of piperidine rings is 1. The van der Waals surface area contributed by atoms with Crippen molar-refractivity contribution in [3.05, 3.63) is 65.7 Å². The number of rotatable bonds is 3. The third-order valence-corrected chi connectivity index (χ3v) is 5.49. The van der Waals surface area contributed by atoms with Crippen LogP contribution in [0, 0.1) is 0 Å². The lowest BCUT2D eigenvalue weighted by Gasteiger charge is -2.43. The van der Waals surface area contributed by atoms with Gasteiger partial charge in [-0.3, -0.25) is 9.79 Å². The van der Waals surface area contributed by atoms with Gasteiger partial charge in [-0.25, -0.2) is 4.79 Å². The van der Waals surface area contributed by atoms with E-state index < -0.39 is 17.1 Å². The minimum Gasteiger partial charge on any atom is -0.458 e. The van der Waals surface area contributed by atoms with Crippen LogP contribution in [-0.2, 0) is 26.3 Å². The number of carbonyl (C=O) groups is 2. The van der Waals surface area contributed by atoms with Gasteiger partial charge in [-0.15, -0.1) is 0 Å². The molecule has 1 saturated heterocycles. The number of amides is 1. The number of hydrogen-bond donors (Lipinski definition) is 0. The zero-order chi connectivity index (χ0) is 20.6. The van der Waals surface area contributed by atoms with Gasteiger partial charge in [0.05, 0.1) is 5.69 Å². The van der Waals surface area contributed by atoms with Crippen molar-refractivity contribution in [3.8, 4) is 0 Å². The summed E-state index contributed by atoms with van der Waals surface area (Å²) in [6, 6.07) is 16.9. The van der Waals surface area contributed by atoms with E-state index in [4.69, 9.17) is 4.74 Å². The first-order chi connectivity index (χ1) is 13.8. The van der Waals surface area contributed by atoms with Crippen LogP contribution < -0.4 is 0 Å². The van der Waals surface area contributed by atoms with Crippen LogP contribution >= 0.6 is 0 Å². The van der Waals surface area contributed by atoms with Crippen LogP contribution in [-0.4, -0.2) is 34.6 Å². The Morgan fingerprint density at radius 3 is 2.55 bits per heavy atom. The Bertz CT molecular complexity index is 962. The fraction of sp³-hybridized carbons (Fsp3) is 0.375. The third-order valence-electron chi connectivity index (χ3n) is 5.49. The van der Waals surface area contributed by atoms with E-state index >= 15 is 0 Å². The van der Waals surface area contributed by atoms with Crippen molar-refractivity contribution < 1.29 is 14.3 Å². The average molecular weight is 390 g/mol. The van der Waals surface area contributed by atoms with Crippen molar-refractivity contribution >= 4 is 23.8 Å². The number of likely N-dealkylation sites (tertiary alicyclic amines) is 1. The van der Waals surface area contributed by atoms with E-state index in [0.29, 0.717) is 19.4 Å². The maximum atomic E-state index is 13.3. The number of carbonyl (C=O) groups excluding carboxylic acids is 2. The molecule has 4 rings (SSSR count). The monoisotopic (exact) mass is 390 g/mol. The molecule has 150 valence electrons. The van der Waals surface area contributed by atoms with Gasteiger partial charge in [-0.05, 0) is 44.4 Å². The van der Waals surface area contributed by atoms with Gasteiger partial charge in [0.25, 0.3) is 0 Å².